The van der Waals surface area contributed by atoms with Crippen molar-refractivity contribution in [3.05, 3.63) is 28.7 Å². The number of rotatable bonds is 1. The van der Waals surface area contributed by atoms with Crippen molar-refractivity contribution < 1.29 is 9.59 Å². The summed E-state index contributed by atoms with van der Waals surface area (Å²) < 4.78 is 0.808. The highest BCUT2D eigenvalue weighted by Gasteiger charge is 2.37. The lowest BCUT2D eigenvalue weighted by atomic mass is 10.1. The van der Waals surface area contributed by atoms with Crippen molar-refractivity contribution in [3.8, 4) is 0 Å². The summed E-state index contributed by atoms with van der Waals surface area (Å²) in [4.78, 5) is 25.4. The Labute approximate surface area is 108 Å². The topological polar surface area (TPSA) is 49.4 Å². The Morgan fingerprint density at radius 2 is 1.88 bits per heavy atom. The molecular formula is C12H13BrN2O2. The number of benzene rings is 1. The van der Waals surface area contributed by atoms with E-state index in [4.69, 9.17) is 0 Å². The van der Waals surface area contributed by atoms with Crippen LogP contribution < -0.4 is 10.2 Å². The summed E-state index contributed by atoms with van der Waals surface area (Å²) in [5.41, 5.74) is 0.728. The average Bonchev–Trinajstić information content (AvgIpc) is 2.29. The molecule has 4 nitrogen and oxygen atoms in total. The van der Waals surface area contributed by atoms with Gasteiger partial charge in [-0.05, 0) is 41.9 Å². The molecule has 0 saturated carbocycles. The zero-order valence-corrected chi connectivity index (χ0v) is 11.2. The molecule has 1 N–H and O–H groups in total. The van der Waals surface area contributed by atoms with E-state index in [0.29, 0.717) is 0 Å². The highest BCUT2D eigenvalue weighted by molar-refractivity contribution is 9.10. The van der Waals surface area contributed by atoms with Crippen LogP contribution in [0.2, 0.25) is 0 Å². The molecule has 5 heteroatoms. The molecule has 90 valence electrons. The average molecular weight is 297 g/mol. The second-order valence-electron chi connectivity index (χ2n) is 4.07. The van der Waals surface area contributed by atoms with E-state index in [2.05, 4.69) is 21.2 Å². The number of carbonyl (C=O) groups excluding carboxylic acids is 2. The summed E-state index contributed by atoms with van der Waals surface area (Å²) in [6, 6.07) is 6.42. The number of carbonyl (C=O) groups is 2. The van der Waals surface area contributed by atoms with Gasteiger partial charge in [-0.2, -0.15) is 0 Å². The maximum absolute atomic E-state index is 12.1. The number of hydrogen-bond acceptors (Lipinski definition) is 2. The summed E-state index contributed by atoms with van der Waals surface area (Å²) >= 11 is 3.40. The Kier molecular flexibility index (Phi) is 3.19. The van der Waals surface area contributed by atoms with Crippen molar-refractivity contribution in [2.75, 3.05) is 4.90 Å². The van der Waals surface area contributed by atoms with Gasteiger partial charge in [0.25, 0.3) is 0 Å². The molecular weight excluding hydrogens is 284 g/mol. The van der Waals surface area contributed by atoms with Crippen molar-refractivity contribution in [3.63, 3.8) is 0 Å². The Morgan fingerprint density at radius 1 is 1.24 bits per heavy atom. The number of hydrogen-bond donors (Lipinski definition) is 1. The monoisotopic (exact) mass is 296 g/mol. The SMILES string of the molecule is CC1NC(=O)C(C)N(c2ccccc2Br)C1=O. The van der Waals surface area contributed by atoms with Gasteiger partial charge in [-0.3, -0.25) is 14.5 Å². The molecule has 2 unspecified atom stereocenters. The lowest BCUT2D eigenvalue weighted by Gasteiger charge is -2.36. The van der Waals surface area contributed by atoms with Crippen molar-refractivity contribution in [2.45, 2.75) is 25.9 Å². The van der Waals surface area contributed by atoms with Gasteiger partial charge in [0, 0.05) is 4.47 Å². The van der Waals surface area contributed by atoms with E-state index in [-0.39, 0.29) is 11.8 Å². The van der Waals surface area contributed by atoms with Gasteiger partial charge in [0.1, 0.15) is 12.1 Å². The third-order valence-electron chi connectivity index (χ3n) is 2.85. The van der Waals surface area contributed by atoms with Gasteiger partial charge >= 0.3 is 0 Å². The minimum Gasteiger partial charge on any atom is -0.343 e. The first-order valence-corrected chi connectivity index (χ1v) is 6.19. The molecule has 0 spiro atoms. The van der Waals surface area contributed by atoms with Gasteiger partial charge in [-0.15, -0.1) is 0 Å². The van der Waals surface area contributed by atoms with Gasteiger partial charge < -0.3 is 5.32 Å². The van der Waals surface area contributed by atoms with Gasteiger partial charge in [0.2, 0.25) is 11.8 Å². The standard InChI is InChI=1S/C12H13BrN2O2/c1-7-12(17)15(8(2)11(16)14-7)10-6-4-3-5-9(10)13/h3-8H,1-2H3,(H,14,16). The first kappa shape index (κ1) is 12.1. The van der Waals surface area contributed by atoms with E-state index in [9.17, 15) is 9.59 Å². The Morgan fingerprint density at radius 3 is 2.53 bits per heavy atom. The van der Waals surface area contributed by atoms with E-state index in [1.165, 1.54) is 4.90 Å². The first-order chi connectivity index (χ1) is 8.02. The minimum absolute atomic E-state index is 0.0935. The quantitative estimate of drug-likeness (QED) is 0.857. The van der Waals surface area contributed by atoms with E-state index in [0.717, 1.165) is 10.2 Å². The number of nitrogens with one attached hydrogen (secondary N) is 1. The van der Waals surface area contributed by atoms with Crippen molar-refractivity contribution in [1.82, 2.24) is 5.32 Å². The largest absolute Gasteiger partial charge is 0.343 e. The lowest BCUT2D eigenvalue weighted by Crippen LogP contribution is -2.61. The molecule has 0 aromatic heterocycles. The molecule has 1 saturated heterocycles. The zero-order valence-electron chi connectivity index (χ0n) is 9.61. The van der Waals surface area contributed by atoms with Crippen LogP contribution in [0.4, 0.5) is 5.69 Å². The highest BCUT2D eigenvalue weighted by atomic mass is 79.9. The van der Waals surface area contributed by atoms with Crippen LogP contribution >= 0.6 is 15.9 Å². The van der Waals surface area contributed by atoms with Crippen molar-refractivity contribution >= 4 is 33.4 Å². The molecule has 1 aliphatic heterocycles. The highest BCUT2D eigenvalue weighted by Crippen LogP contribution is 2.29. The number of anilines is 1. The van der Waals surface area contributed by atoms with Gasteiger partial charge in [-0.1, -0.05) is 12.1 Å². The minimum atomic E-state index is -0.489. The van der Waals surface area contributed by atoms with E-state index in [1.54, 1.807) is 13.8 Å². The van der Waals surface area contributed by atoms with E-state index >= 15 is 0 Å². The van der Waals surface area contributed by atoms with Crippen LogP contribution in [0.5, 0.6) is 0 Å². The van der Waals surface area contributed by atoms with Crippen LogP contribution in [-0.2, 0) is 9.59 Å². The molecule has 1 aromatic rings. The fraction of sp³-hybridized carbons (Fsp3) is 0.333. The Balaban J connectivity index is 2.45. The number of halogens is 1. The normalized spacial score (nSPS) is 24.8. The number of para-hydroxylation sites is 1. The molecule has 17 heavy (non-hydrogen) atoms. The van der Waals surface area contributed by atoms with Crippen LogP contribution in [0.25, 0.3) is 0 Å². The van der Waals surface area contributed by atoms with Crippen LogP contribution in [0.1, 0.15) is 13.8 Å². The van der Waals surface area contributed by atoms with Gasteiger partial charge in [-0.25, -0.2) is 0 Å². The summed E-state index contributed by atoms with van der Waals surface area (Å²) in [6.07, 6.45) is 0. The Hall–Kier alpha value is -1.36. The maximum atomic E-state index is 12.1. The smallest absolute Gasteiger partial charge is 0.250 e. The summed E-state index contributed by atoms with van der Waals surface area (Å²) in [5.74, 6) is -0.225. The zero-order chi connectivity index (χ0) is 12.6. The predicted octanol–water partition coefficient (Wildman–Crippen LogP) is 1.69. The van der Waals surface area contributed by atoms with Gasteiger partial charge in [0.05, 0.1) is 5.69 Å². The molecule has 0 bridgehead atoms. The second-order valence-corrected chi connectivity index (χ2v) is 4.92. The van der Waals surface area contributed by atoms with Crippen LogP contribution in [-0.4, -0.2) is 23.9 Å². The second kappa shape index (κ2) is 4.49. The summed E-state index contributed by atoms with van der Waals surface area (Å²) in [6.45, 7) is 3.41. The van der Waals surface area contributed by atoms with Crippen molar-refractivity contribution in [2.24, 2.45) is 0 Å². The van der Waals surface area contributed by atoms with Crippen LogP contribution in [0.3, 0.4) is 0 Å². The molecule has 1 aliphatic rings. The van der Waals surface area contributed by atoms with E-state index in [1.807, 2.05) is 24.3 Å². The predicted molar refractivity (Wildman–Crippen MR) is 68.7 cm³/mol. The summed E-state index contributed by atoms with van der Waals surface area (Å²) in [7, 11) is 0. The molecule has 1 heterocycles. The fourth-order valence-electron chi connectivity index (χ4n) is 1.89. The van der Waals surface area contributed by atoms with E-state index < -0.39 is 12.1 Å². The number of amides is 2. The van der Waals surface area contributed by atoms with Crippen molar-refractivity contribution in [1.29, 1.82) is 0 Å². The molecule has 2 amide bonds. The molecule has 0 aliphatic carbocycles. The fourth-order valence-corrected chi connectivity index (χ4v) is 2.36. The maximum Gasteiger partial charge on any atom is 0.250 e. The molecule has 1 fully saturated rings. The van der Waals surface area contributed by atoms with Crippen LogP contribution in [0.15, 0.2) is 28.7 Å². The van der Waals surface area contributed by atoms with Gasteiger partial charge in [0.15, 0.2) is 0 Å². The third kappa shape index (κ3) is 2.07. The number of nitrogens with zero attached hydrogens (tertiary/aromatic N) is 1. The molecule has 2 rings (SSSR count). The van der Waals surface area contributed by atoms with Crippen LogP contribution in [0, 0.1) is 0 Å². The molecule has 2 atom stereocenters. The lowest BCUT2D eigenvalue weighted by molar-refractivity contribution is -0.133. The first-order valence-electron chi connectivity index (χ1n) is 5.40. The number of piperazine rings is 1. The molecule has 0 radical (unpaired) electrons. The molecule has 1 aromatic carbocycles. The third-order valence-corrected chi connectivity index (χ3v) is 3.52. The Bertz CT molecular complexity index is 475. The summed E-state index contributed by atoms with van der Waals surface area (Å²) in [5, 5.41) is 2.65.